The van der Waals surface area contributed by atoms with Crippen LogP contribution in [0.25, 0.3) is 21.8 Å². The first-order valence-electron chi connectivity index (χ1n) is 16.9. The number of aromatic nitrogens is 2. The van der Waals surface area contributed by atoms with E-state index in [4.69, 9.17) is 8.85 Å². The summed E-state index contributed by atoms with van der Waals surface area (Å²) < 4.78 is 23.0. The number of ketones is 2. The van der Waals surface area contributed by atoms with Crippen LogP contribution in [0.4, 0.5) is 0 Å². The molecule has 0 spiro atoms. The lowest BCUT2D eigenvalue weighted by molar-refractivity contribution is -0.135. The third-order valence-electron chi connectivity index (χ3n) is 9.56. The number of rotatable bonds is 11. The van der Waals surface area contributed by atoms with E-state index in [0.717, 1.165) is 33.7 Å². The number of alkyl halides is 1. The molecule has 2 heterocycles. The number of carbonyl (C=O) groups excluding carboxylic acids is 4. The third kappa shape index (κ3) is 11.6. The number of nitrogens with zero attached hydrogens (tertiary/aromatic N) is 1. The molecule has 0 radical (unpaired) electrons. The third-order valence-corrected chi connectivity index (χ3v) is 19.0. The quantitative estimate of drug-likeness (QED) is 0.0524. The number of benzene rings is 2. The van der Waals surface area contributed by atoms with Crippen molar-refractivity contribution in [3.05, 3.63) is 72.1 Å². The lowest BCUT2D eigenvalue weighted by Gasteiger charge is -2.36. The molecule has 2 aromatic heterocycles. The summed E-state index contributed by atoms with van der Waals surface area (Å²) in [5.41, 5.74) is 2.45. The summed E-state index contributed by atoms with van der Waals surface area (Å²) in [6.45, 7) is 24.4. The second-order valence-corrected chi connectivity index (χ2v) is 25.5. The number of hydrogen-bond acceptors (Lipinski definition) is 8. The number of aromatic amines is 1. The Morgan fingerprint density at radius 2 is 1.18 bits per heavy atom. The van der Waals surface area contributed by atoms with E-state index in [2.05, 4.69) is 98.1 Å². The molecule has 0 bridgehead atoms. The molecule has 0 saturated carbocycles. The van der Waals surface area contributed by atoms with Gasteiger partial charge in [-0.15, -0.1) is 0 Å². The van der Waals surface area contributed by atoms with Crippen LogP contribution in [0, 0.1) is 0 Å². The highest BCUT2D eigenvalue weighted by molar-refractivity contribution is 9.09. The second-order valence-electron chi connectivity index (χ2n) is 15.0. The molecule has 0 amide bonds. The van der Waals surface area contributed by atoms with Gasteiger partial charge in [0.2, 0.25) is 0 Å². The highest BCUT2D eigenvalue weighted by Gasteiger charge is 2.37. The second kappa shape index (κ2) is 18.4. The summed E-state index contributed by atoms with van der Waals surface area (Å²) in [7, 11) is -0.871. The number of ether oxygens (including phenoxy) is 2. The molecule has 0 atom stereocenters. The molecule has 1 N–H and O–H groups in total. The Balaban J connectivity index is 0.000000294. The van der Waals surface area contributed by atoms with E-state index in [1.165, 1.54) is 20.4 Å². The van der Waals surface area contributed by atoms with Gasteiger partial charge in [0.25, 0.3) is 11.6 Å². The normalized spacial score (nSPS) is 12.0. The highest BCUT2D eigenvalue weighted by atomic mass is 79.9. The largest absolute Gasteiger partial charge is 0.463 e. The minimum Gasteiger partial charge on any atom is -0.463 e. The monoisotopic (exact) mass is 802 g/mol. The Morgan fingerprint density at radius 1 is 0.706 bits per heavy atom. The SMILES string of the molecule is CC(C)(C)[Si](C)(C)OCCBr.COC(=O)C(=O)c1c[nH]c2ccccc12.COC(=O)C(=O)c1cn(CCO[Si](C)(C)C(C)(C)C)c2ccccc12. The first-order chi connectivity index (χ1) is 23.6. The Kier molecular flexibility index (Phi) is 15.8. The van der Waals surface area contributed by atoms with E-state index < -0.39 is 40.1 Å². The molecule has 4 rings (SSSR count). The van der Waals surface area contributed by atoms with Crippen molar-refractivity contribution in [2.45, 2.75) is 84.4 Å². The minimum absolute atomic E-state index is 0.151. The van der Waals surface area contributed by atoms with Gasteiger partial charge in [-0.1, -0.05) is 93.9 Å². The van der Waals surface area contributed by atoms with E-state index in [9.17, 15) is 19.2 Å². The lowest BCUT2D eigenvalue weighted by Crippen LogP contribution is -2.41. The fraction of sp³-hybridized carbons (Fsp3) is 0.474. The zero-order valence-electron chi connectivity index (χ0n) is 32.2. The molecule has 0 aliphatic carbocycles. The number of Topliss-reactive ketones (excluding diaryl/α,β-unsaturated/α-hetero) is 2. The topological polar surface area (TPSA) is 126 Å². The molecule has 13 heteroatoms. The van der Waals surface area contributed by atoms with Crippen molar-refractivity contribution < 1.29 is 37.5 Å². The Bertz CT molecular complexity index is 1800. The van der Waals surface area contributed by atoms with Gasteiger partial charge in [-0.2, -0.15) is 0 Å². The van der Waals surface area contributed by atoms with Gasteiger partial charge in [0, 0.05) is 52.7 Å². The maximum atomic E-state index is 12.3. The molecule has 0 aliphatic rings. The minimum atomic E-state index is -1.82. The van der Waals surface area contributed by atoms with E-state index in [0.29, 0.717) is 29.3 Å². The summed E-state index contributed by atoms with van der Waals surface area (Å²) in [4.78, 5) is 49.4. The average molecular weight is 804 g/mol. The molecule has 0 saturated heterocycles. The van der Waals surface area contributed by atoms with Crippen molar-refractivity contribution in [3.63, 3.8) is 0 Å². The average Bonchev–Trinajstić information content (AvgIpc) is 3.67. The van der Waals surface area contributed by atoms with Crippen molar-refractivity contribution in [3.8, 4) is 0 Å². The molecule has 4 aromatic rings. The summed E-state index contributed by atoms with van der Waals surface area (Å²) in [5, 5.41) is 2.92. The number of H-pyrrole nitrogens is 1. The van der Waals surface area contributed by atoms with Crippen LogP contribution in [0.3, 0.4) is 0 Å². The van der Waals surface area contributed by atoms with Crippen LogP contribution in [0.2, 0.25) is 36.3 Å². The van der Waals surface area contributed by atoms with Gasteiger partial charge in [-0.05, 0) is 48.4 Å². The van der Waals surface area contributed by atoms with Crippen LogP contribution in [-0.4, -0.2) is 82.5 Å². The first kappa shape index (κ1) is 43.8. The van der Waals surface area contributed by atoms with Crippen LogP contribution in [0.15, 0.2) is 60.9 Å². The smallest absolute Gasteiger partial charge is 0.379 e. The van der Waals surface area contributed by atoms with E-state index in [1.807, 2.05) is 47.0 Å². The first-order valence-corrected chi connectivity index (χ1v) is 23.8. The Hall–Kier alpha value is -3.37. The van der Waals surface area contributed by atoms with Crippen LogP contribution < -0.4 is 0 Å². The zero-order chi connectivity index (χ0) is 38.8. The molecule has 0 aliphatic heterocycles. The predicted octanol–water partition coefficient (Wildman–Crippen LogP) is 8.95. The van der Waals surface area contributed by atoms with Gasteiger partial charge in [0.05, 0.1) is 32.0 Å². The van der Waals surface area contributed by atoms with Gasteiger partial charge in [0.1, 0.15) is 0 Å². The van der Waals surface area contributed by atoms with Crippen molar-refractivity contribution in [2.75, 3.05) is 32.8 Å². The van der Waals surface area contributed by atoms with Crippen molar-refractivity contribution in [1.29, 1.82) is 0 Å². The fourth-order valence-corrected chi connectivity index (χ4v) is 6.94. The van der Waals surface area contributed by atoms with Gasteiger partial charge < -0.3 is 27.9 Å². The number of nitrogens with one attached hydrogen (secondary N) is 1. The standard InChI is InChI=1S/C19H27NO4Si.C11H9NO3.C8H19BrOSi/c1-19(2,3)25(5,6)24-12-11-20-13-15(17(21)18(22)23-4)14-9-7-8-10-16(14)20;1-15-11(14)10(13)8-6-12-9-5-3-2-4-7(8)9;1-8(2,3)11(4,5)10-7-6-9/h7-10,13H,11-12H2,1-6H3;2-6,12H,1H3;6-7H2,1-5H3. The van der Waals surface area contributed by atoms with Gasteiger partial charge in [0.15, 0.2) is 16.6 Å². The fourth-order valence-electron chi connectivity index (χ4n) is 4.40. The summed E-state index contributed by atoms with van der Waals surface area (Å²) in [6.07, 6.45) is 3.24. The van der Waals surface area contributed by atoms with Gasteiger partial charge in [-0.25, -0.2) is 9.59 Å². The summed E-state index contributed by atoms with van der Waals surface area (Å²) >= 11 is 3.37. The molecule has 2 aromatic carbocycles. The molecule has 280 valence electrons. The number of methoxy groups -OCH3 is 2. The number of hydrogen-bond donors (Lipinski definition) is 1. The van der Waals surface area contributed by atoms with E-state index in [1.54, 1.807) is 12.3 Å². The molecule has 0 unspecified atom stereocenters. The summed E-state index contributed by atoms with van der Waals surface area (Å²) in [6, 6.07) is 14.8. The number of para-hydroxylation sites is 2. The molecule has 10 nitrogen and oxygen atoms in total. The lowest BCUT2D eigenvalue weighted by atomic mass is 10.1. The number of halogens is 1. The van der Waals surface area contributed by atoms with Gasteiger partial charge >= 0.3 is 11.9 Å². The molecular formula is C38H55BrN2O8Si2. The molecule has 51 heavy (non-hydrogen) atoms. The maximum Gasteiger partial charge on any atom is 0.379 e. The van der Waals surface area contributed by atoms with Crippen molar-refractivity contribution in [1.82, 2.24) is 9.55 Å². The van der Waals surface area contributed by atoms with Crippen molar-refractivity contribution >= 4 is 77.9 Å². The molecular weight excluding hydrogens is 748 g/mol. The van der Waals surface area contributed by atoms with Crippen molar-refractivity contribution in [2.24, 2.45) is 0 Å². The van der Waals surface area contributed by atoms with Crippen LogP contribution in [-0.2, 0) is 34.5 Å². The Labute approximate surface area is 312 Å². The number of fused-ring (bicyclic) bond motifs is 2. The number of carbonyl (C=O) groups is 4. The van der Waals surface area contributed by atoms with Gasteiger partial charge in [-0.3, -0.25) is 9.59 Å². The Morgan fingerprint density at radius 3 is 1.69 bits per heavy atom. The predicted molar refractivity (Wildman–Crippen MR) is 213 cm³/mol. The number of esters is 2. The van der Waals surface area contributed by atoms with Crippen LogP contribution in [0.1, 0.15) is 62.3 Å². The maximum absolute atomic E-state index is 12.3. The molecule has 0 fully saturated rings. The van der Waals surface area contributed by atoms with Crippen LogP contribution >= 0.6 is 15.9 Å². The van der Waals surface area contributed by atoms with Crippen LogP contribution in [0.5, 0.6) is 0 Å². The zero-order valence-corrected chi connectivity index (χ0v) is 35.8. The van der Waals surface area contributed by atoms with E-state index in [-0.39, 0.29) is 5.04 Å². The summed E-state index contributed by atoms with van der Waals surface area (Å²) in [5.74, 6) is -2.95. The highest BCUT2D eigenvalue weighted by Crippen LogP contribution is 2.37. The van der Waals surface area contributed by atoms with E-state index >= 15 is 0 Å².